The fourth-order valence-electron chi connectivity index (χ4n) is 7.22. The van der Waals surface area contributed by atoms with E-state index in [4.69, 9.17) is 0 Å². The Kier molecular flexibility index (Phi) is 4.07. The fourth-order valence-corrected chi connectivity index (χ4v) is 7.22. The molecule has 1 unspecified atom stereocenters. The number of alkyl halides is 1. The smallest absolute Gasteiger partial charge is 0.252 e. The van der Waals surface area contributed by atoms with Crippen LogP contribution in [-0.4, -0.2) is 46.3 Å². The highest BCUT2D eigenvalue weighted by Gasteiger charge is 2.75. The third-order valence-electron chi connectivity index (χ3n) is 8.80. The minimum absolute atomic E-state index is 0.00355. The van der Waals surface area contributed by atoms with Crippen molar-refractivity contribution in [1.82, 2.24) is 5.32 Å². The maximum atomic E-state index is 16.9. The van der Waals surface area contributed by atoms with Gasteiger partial charge in [0.1, 0.15) is 0 Å². The van der Waals surface area contributed by atoms with Gasteiger partial charge in [-0.3, -0.25) is 9.59 Å². The Morgan fingerprint density at radius 1 is 1.32 bits per heavy atom. The molecule has 4 aliphatic carbocycles. The number of allylic oxidation sites excluding steroid dienone is 4. The molecule has 8 atom stereocenters. The molecule has 0 aromatic carbocycles. The fraction of sp³-hybridized carbons (Fsp3) is 0.727. The number of hydrogen-bond donors (Lipinski definition) is 3. The first kappa shape index (κ1) is 19.8. The lowest BCUT2D eigenvalue weighted by Crippen LogP contribution is -2.70. The van der Waals surface area contributed by atoms with Crippen molar-refractivity contribution in [1.29, 1.82) is 0 Å². The van der Waals surface area contributed by atoms with Crippen LogP contribution in [0.4, 0.5) is 4.39 Å². The van der Waals surface area contributed by atoms with Crippen molar-refractivity contribution in [3.63, 3.8) is 0 Å². The van der Waals surface area contributed by atoms with Gasteiger partial charge in [0.2, 0.25) is 0 Å². The zero-order valence-electron chi connectivity index (χ0n) is 17.0. The maximum absolute atomic E-state index is 16.9. The van der Waals surface area contributed by atoms with E-state index in [0.29, 0.717) is 19.3 Å². The van der Waals surface area contributed by atoms with Gasteiger partial charge in [-0.1, -0.05) is 25.5 Å². The summed E-state index contributed by atoms with van der Waals surface area (Å²) in [4.78, 5) is 24.5. The van der Waals surface area contributed by atoms with E-state index < -0.39 is 40.0 Å². The van der Waals surface area contributed by atoms with Crippen molar-refractivity contribution in [3.8, 4) is 0 Å². The van der Waals surface area contributed by atoms with Gasteiger partial charge in [-0.25, -0.2) is 4.39 Å². The van der Waals surface area contributed by atoms with Gasteiger partial charge >= 0.3 is 0 Å². The Morgan fingerprint density at radius 2 is 2.00 bits per heavy atom. The van der Waals surface area contributed by atoms with Gasteiger partial charge in [0, 0.05) is 23.8 Å². The summed E-state index contributed by atoms with van der Waals surface area (Å²) in [6.45, 7) is 5.43. The van der Waals surface area contributed by atoms with Crippen molar-refractivity contribution < 1.29 is 24.2 Å². The second-order valence-corrected chi connectivity index (χ2v) is 9.75. The number of halogens is 1. The van der Waals surface area contributed by atoms with Gasteiger partial charge in [0.05, 0.1) is 6.10 Å². The largest absolute Gasteiger partial charge is 0.390 e. The molecule has 0 saturated heterocycles. The maximum Gasteiger partial charge on any atom is 0.252 e. The number of aliphatic hydroxyl groups excluding tert-OH is 1. The number of amides is 1. The molecule has 0 spiro atoms. The van der Waals surface area contributed by atoms with E-state index in [0.717, 1.165) is 5.57 Å². The average Bonchev–Trinajstić information content (AvgIpc) is 2.84. The third-order valence-corrected chi connectivity index (χ3v) is 8.80. The van der Waals surface area contributed by atoms with E-state index in [1.54, 1.807) is 13.0 Å². The molecule has 4 aliphatic rings. The zero-order valence-corrected chi connectivity index (χ0v) is 17.0. The van der Waals surface area contributed by atoms with Crippen LogP contribution >= 0.6 is 0 Å². The zero-order chi connectivity index (χ0) is 20.7. The molecule has 0 aromatic heterocycles. The molecule has 4 rings (SSSR count). The highest BCUT2D eigenvalue weighted by molar-refractivity contribution is 6.01. The van der Waals surface area contributed by atoms with Crippen LogP contribution < -0.4 is 5.32 Å². The van der Waals surface area contributed by atoms with Crippen molar-refractivity contribution in [2.45, 2.75) is 63.8 Å². The number of ketones is 1. The third kappa shape index (κ3) is 1.98. The number of aliphatic hydroxyl groups is 2. The van der Waals surface area contributed by atoms with Crippen LogP contribution in [0.25, 0.3) is 0 Å². The minimum atomic E-state index is -1.94. The van der Waals surface area contributed by atoms with Crippen LogP contribution in [0.5, 0.6) is 0 Å². The standard InChI is InChI=1S/C22H30FNO4/c1-12-9-16-15-6-5-13-10-14(25)7-8-19(13,2)21(15,23)17(26)11-20(16,3)22(12,28)18(27)24-4/h7-8,10,12,15-17,26,28H,5-6,9,11H2,1-4H3,(H,24,27)/t12-,15?,16+,17+,19+,20+,21+,22+/m1/s1. The van der Waals surface area contributed by atoms with Crippen molar-refractivity contribution >= 4 is 11.7 Å². The molecule has 1 amide bonds. The van der Waals surface area contributed by atoms with Gasteiger partial charge < -0.3 is 15.5 Å². The molecular formula is C22H30FNO4. The molecule has 0 heterocycles. The van der Waals surface area contributed by atoms with Gasteiger partial charge in [-0.2, -0.15) is 0 Å². The number of nitrogens with one attached hydrogen (secondary N) is 1. The van der Waals surface area contributed by atoms with E-state index in [9.17, 15) is 19.8 Å². The molecule has 0 aromatic rings. The molecule has 28 heavy (non-hydrogen) atoms. The number of hydrogen-bond acceptors (Lipinski definition) is 4. The minimum Gasteiger partial charge on any atom is -0.390 e. The van der Waals surface area contributed by atoms with Crippen LogP contribution in [0.2, 0.25) is 0 Å². The summed E-state index contributed by atoms with van der Waals surface area (Å²) < 4.78 is 16.9. The molecular weight excluding hydrogens is 361 g/mol. The van der Waals surface area contributed by atoms with E-state index >= 15 is 4.39 Å². The lowest BCUT2D eigenvalue weighted by Gasteiger charge is -2.62. The van der Waals surface area contributed by atoms with Crippen LogP contribution in [-0.2, 0) is 9.59 Å². The summed E-state index contributed by atoms with van der Waals surface area (Å²) >= 11 is 0. The quantitative estimate of drug-likeness (QED) is 0.639. The second kappa shape index (κ2) is 5.76. The molecule has 3 saturated carbocycles. The van der Waals surface area contributed by atoms with Crippen molar-refractivity contribution in [3.05, 3.63) is 23.8 Å². The Balaban J connectivity index is 1.84. The van der Waals surface area contributed by atoms with Gasteiger partial charge in [-0.15, -0.1) is 0 Å². The van der Waals surface area contributed by atoms with Gasteiger partial charge in [0.15, 0.2) is 17.1 Å². The topological polar surface area (TPSA) is 86.6 Å². The Hall–Kier alpha value is -1.53. The first-order valence-corrected chi connectivity index (χ1v) is 10.2. The monoisotopic (exact) mass is 391 g/mol. The summed E-state index contributed by atoms with van der Waals surface area (Å²) in [5.41, 5.74) is -4.83. The Labute approximate surface area is 165 Å². The molecule has 6 heteroatoms. The number of likely N-dealkylation sites (N-methyl/N-ethyl adjacent to an activating group) is 1. The lowest BCUT2D eigenvalue weighted by atomic mass is 9.44. The number of carbonyl (C=O) groups is 2. The number of rotatable bonds is 1. The lowest BCUT2D eigenvalue weighted by molar-refractivity contribution is -0.219. The van der Waals surface area contributed by atoms with E-state index in [-0.39, 0.29) is 24.0 Å². The number of carbonyl (C=O) groups excluding carboxylic acids is 2. The van der Waals surface area contributed by atoms with Gasteiger partial charge in [0.25, 0.3) is 5.91 Å². The van der Waals surface area contributed by atoms with Crippen molar-refractivity contribution in [2.24, 2.45) is 28.6 Å². The van der Waals surface area contributed by atoms with Crippen LogP contribution in [0, 0.1) is 28.6 Å². The number of fused-ring (bicyclic) bond motifs is 5. The van der Waals surface area contributed by atoms with Crippen LogP contribution in [0.15, 0.2) is 23.8 Å². The van der Waals surface area contributed by atoms with Crippen molar-refractivity contribution in [2.75, 3.05) is 7.05 Å². The molecule has 5 nitrogen and oxygen atoms in total. The first-order valence-electron chi connectivity index (χ1n) is 10.2. The molecule has 3 fully saturated rings. The Morgan fingerprint density at radius 3 is 2.64 bits per heavy atom. The first-order chi connectivity index (χ1) is 13.0. The average molecular weight is 391 g/mol. The van der Waals surface area contributed by atoms with Crippen LogP contribution in [0.1, 0.15) is 46.5 Å². The highest BCUT2D eigenvalue weighted by Crippen LogP contribution is 2.70. The summed E-state index contributed by atoms with van der Waals surface area (Å²) in [5.74, 6) is -1.68. The predicted octanol–water partition coefficient (Wildman–Crippen LogP) is 2.08. The summed E-state index contributed by atoms with van der Waals surface area (Å²) in [5, 5.41) is 25.2. The van der Waals surface area contributed by atoms with Crippen LogP contribution in [0.3, 0.4) is 0 Å². The Bertz CT molecular complexity index is 808. The van der Waals surface area contributed by atoms with E-state index in [2.05, 4.69) is 5.32 Å². The summed E-state index contributed by atoms with van der Waals surface area (Å²) in [7, 11) is 1.49. The van der Waals surface area contributed by atoms with E-state index in [1.807, 2.05) is 13.8 Å². The SMILES string of the molecule is CNC(=O)[C@@]1(O)[C@H](C)C[C@H]2C3CCC4=CC(=O)C=C[C@]4(C)[C@@]3(F)[C@@H](O)C[C@@]21C. The highest BCUT2D eigenvalue weighted by atomic mass is 19.1. The molecule has 154 valence electrons. The molecule has 0 bridgehead atoms. The second-order valence-electron chi connectivity index (χ2n) is 9.75. The molecule has 3 N–H and O–H groups in total. The molecule has 0 radical (unpaired) electrons. The molecule has 0 aliphatic heterocycles. The summed E-state index contributed by atoms with van der Waals surface area (Å²) in [6, 6.07) is 0. The predicted molar refractivity (Wildman–Crippen MR) is 102 cm³/mol. The van der Waals surface area contributed by atoms with E-state index in [1.165, 1.54) is 19.2 Å². The summed E-state index contributed by atoms with van der Waals surface area (Å²) in [6.07, 6.45) is 4.78. The normalized spacial score (nSPS) is 52.4. The van der Waals surface area contributed by atoms with Gasteiger partial charge in [-0.05, 0) is 56.6 Å².